The van der Waals surface area contributed by atoms with Crippen LogP contribution in [0.25, 0.3) is 0 Å². The second-order valence-corrected chi connectivity index (χ2v) is 5.76. The molecule has 1 saturated carbocycles. The molecule has 19 heavy (non-hydrogen) atoms. The molecule has 1 aromatic rings. The first-order chi connectivity index (χ1) is 9.04. The van der Waals surface area contributed by atoms with Crippen molar-refractivity contribution < 1.29 is 0 Å². The van der Waals surface area contributed by atoms with Crippen LogP contribution >= 0.6 is 0 Å². The molecule has 4 nitrogen and oxygen atoms in total. The summed E-state index contributed by atoms with van der Waals surface area (Å²) in [6.45, 7) is 9.40. The molecule has 106 valence electrons. The van der Waals surface area contributed by atoms with Gasteiger partial charge >= 0.3 is 0 Å². The fourth-order valence-electron chi connectivity index (χ4n) is 2.41. The summed E-state index contributed by atoms with van der Waals surface area (Å²) < 4.78 is 0. The van der Waals surface area contributed by atoms with E-state index in [1.165, 1.54) is 24.8 Å². The molecule has 0 atom stereocenters. The summed E-state index contributed by atoms with van der Waals surface area (Å²) in [4.78, 5) is 11.8. The SMILES string of the molecule is CCNc1nc(C(C)C)nc(N(C)C2CCC2)c1C. The maximum absolute atomic E-state index is 4.79. The van der Waals surface area contributed by atoms with E-state index in [4.69, 9.17) is 4.98 Å². The number of nitrogens with one attached hydrogen (secondary N) is 1. The highest BCUT2D eigenvalue weighted by Crippen LogP contribution is 2.31. The molecule has 0 aromatic carbocycles. The first kappa shape index (κ1) is 14.1. The Hall–Kier alpha value is -1.32. The minimum absolute atomic E-state index is 0.353. The van der Waals surface area contributed by atoms with Gasteiger partial charge in [0.1, 0.15) is 17.5 Å². The van der Waals surface area contributed by atoms with E-state index in [0.29, 0.717) is 12.0 Å². The Morgan fingerprint density at radius 3 is 2.47 bits per heavy atom. The molecular formula is C15H26N4. The highest BCUT2D eigenvalue weighted by atomic mass is 15.2. The maximum atomic E-state index is 4.79. The standard InChI is InChI=1S/C15H26N4/c1-6-16-14-11(4)15(18-13(17-14)10(2)3)19(5)12-8-7-9-12/h10,12H,6-9H2,1-5H3,(H,16,17,18). The lowest BCUT2D eigenvalue weighted by molar-refractivity contribution is 0.398. The maximum Gasteiger partial charge on any atom is 0.137 e. The summed E-state index contributed by atoms with van der Waals surface area (Å²) in [5.41, 5.74) is 1.17. The monoisotopic (exact) mass is 262 g/mol. The second kappa shape index (κ2) is 5.76. The van der Waals surface area contributed by atoms with Crippen LogP contribution in [0, 0.1) is 6.92 Å². The zero-order valence-electron chi connectivity index (χ0n) is 12.8. The number of nitrogens with zero attached hydrogens (tertiary/aromatic N) is 3. The minimum Gasteiger partial charge on any atom is -0.370 e. The molecule has 0 bridgehead atoms. The van der Waals surface area contributed by atoms with Crippen molar-refractivity contribution in [3.63, 3.8) is 0 Å². The molecule has 0 unspecified atom stereocenters. The lowest BCUT2D eigenvalue weighted by Gasteiger charge is -2.36. The Kier molecular flexibility index (Phi) is 4.27. The number of anilines is 2. The van der Waals surface area contributed by atoms with Crippen LogP contribution in [0.4, 0.5) is 11.6 Å². The summed E-state index contributed by atoms with van der Waals surface area (Å²) in [5, 5.41) is 3.36. The molecule has 0 spiro atoms. The second-order valence-electron chi connectivity index (χ2n) is 5.76. The van der Waals surface area contributed by atoms with Crippen LogP contribution in [0.3, 0.4) is 0 Å². The van der Waals surface area contributed by atoms with E-state index < -0.39 is 0 Å². The van der Waals surface area contributed by atoms with Crippen molar-refractivity contribution in [2.24, 2.45) is 0 Å². The summed E-state index contributed by atoms with van der Waals surface area (Å²) >= 11 is 0. The van der Waals surface area contributed by atoms with Crippen LogP contribution in [0.5, 0.6) is 0 Å². The molecule has 4 heteroatoms. The van der Waals surface area contributed by atoms with Gasteiger partial charge in [-0.25, -0.2) is 9.97 Å². The molecule has 0 radical (unpaired) electrons. The molecule has 1 heterocycles. The normalized spacial score (nSPS) is 15.5. The summed E-state index contributed by atoms with van der Waals surface area (Å²) in [6.07, 6.45) is 3.91. The quantitative estimate of drug-likeness (QED) is 0.883. The Balaban J connectivity index is 2.38. The van der Waals surface area contributed by atoms with Crippen LogP contribution in [-0.2, 0) is 0 Å². The van der Waals surface area contributed by atoms with Crippen molar-refractivity contribution in [1.82, 2.24) is 9.97 Å². The van der Waals surface area contributed by atoms with E-state index >= 15 is 0 Å². The fourth-order valence-corrected chi connectivity index (χ4v) is 2.41. The lowest BCUT2D eigenvalue weighted by Crippen LogP contribution is -2.38. The third-order valence-electron chi connectivity index (χ3n) is 3.95. The Morgan fingerprint density at radius 1 is 1.32 bits per heavy atom. The van der Waals surface area contributed by atoms with Crippen LogP contribution in [-0.4, -0.2) is 29.6 Å². The van der Waals surface area contributed by atoms with Gasteiger partial charge < -0.3 is 10.2 Å². The third kappa shape index (κ3) is 2.82. The van der Waals surface area contributed by atoms with E-state index in [0.717, 1.165) is 24.0 Å². The van der Waals surface area contributed by atoms with E-state index in [1.54, 1.807) is 0 Å². The first-order valence-corrected chi connectivity index (χ1v) is 7.39. The van der Waals surface area contributed by atoms with Gasteiger partial charge in [0, 0.05) is 31.1 Å². The fraction of sp³-hybridized carbons (Fsp3) is 0.733. The molecule has 0 saturated heterocycles. The van der Waals surface area contributed by atoms with Gasteiger partial charge in [0.15, 0.2) is 0 Å². The third-order valence-corrected chi connectivity index (χ3v) is 3.95. The zero-order chi connectivity index (χ0) is 14.0. The van der Waals surface area contributed by atoms with E-state index in [-0.39, 0.29) is 0 Å². The van der Waals surface area contributed by atoms with Gasteiger partial charge in [0.25, 0.3) is 0 Å². The Labute approximate surface area is 116 Å². The predicted octanol–water partition coefficient (Wildman–Crippen LogP) is 3.33. The van der Waals surface area contributed by atoms with Gasteiger partial charge in [0.05, 0.1) is 0 Å². The summed E-state index contributed by atoms with van der Waals surface area (Å²) in [6, 6.07) is 0.656. The lowest BCUT2D eigenvalue weighted by atomic mass is 9.91. The Morgan fingerprint density at radius 2 is 2.00 bits per heavy atom. The van der Waals surface area contributed by atoms with Gasteiger partial charge in [0.2, 0.25) is 0 Å². The van der Waals surface area contributed by atoms with Gasteiger partial charge in [-0.1, -0.05) is 13.8 Å². The van der Waals surface area contributed by atoms with Crippen molar-refractivity contribution in [1.29, 1.82) is 0 Å². The smallest absolute Gasteiger partial charge is 0.137 e. The molecule has 0 amide bonds. The van der Waals surface area contributed by atoms with Crippen LogP contribution in [0.1, 0.15) is 57.3 Å². The number of rotatable bonds is 5. The van der Waals surface area contributed by atoms with Crippen LogP contribution in [0.15, 0.2) is 0 Å². The van der Waals surface area contributed by atoms with Gasteiger partial charge in [-0.3, -0.25) is 0 Å². The van der Waals surface area contributed by atoms with Crippen molar-refractivity contribution in [3.05, 3.63) is 11.4 Å². The largest absolute Gasteiger partial charge is 0.370 e. The van der Waals surface area contributed by atoms with E-state index in [2.05, 4.69) is 49.9 Å². The molecule has 2 rings (SSSR count). The molecule has 1 N–H and O–H groups in total. The van der Waals surface area contributed by atoms with Crippen LogP contribution < -0.4 is 10.2 Å². The van der Waals surface area contributed by atoms with Crippen molar-refractivity contribution in [2.75, 3.05) is 23.8 Å². The number of aromatic nitrogens is 2. The molecule has 1 aromatic heterocycles. The number of hydrogen-bond donors (Lipinski definition) is 1. The number of hydrogen-bond acceptors (Lipinski definition) is 4. The molecule has 1 aliphatic carbocycles. The van der Waals surface area contributed by atoms with Crippen LogP contribution in [0.2, 0.25) is 0 Å². The average molecular weight is 262 g/mol. The van der Waals surface area contributed by atoms with Crippen molar-refractivity contribution >= 4 is 11.6 Å². The van der Waals surface area contributed by atoms with Gasteiger partial charge in [-0.05, 0) is 33.1 Å². The van der Waals surface area contributed by atoms with Gasteiger partial charge in [-0.15, -0.1) is 0 Å². The Bertz CT molecular complexity index is 438. The minimum atomic E-state index is 0.353. The summed E-state index contributed by atoms with van der Waals surface area (Å²) in [5.74, 6) is 3.37. The molecular weight excluding hydrogens is 236 g/mol. The van der Waals surface area contributed by atoms with Crippen molar-refractivity contribution in [2.45, 2.75) is 58.9 Å². The summed E-state index contributed by atoms with van der Waals surface area (Å²) in [7, 11) is 2.17. The average Bonchev–Trinajstić information content (AvgIpc) is 2.29. The highest BCUT2D eigenvalue weighted by molar-refractivity contribution is 5.59. The highest BCUT2D eigenvalue weighted by Gasteiger charge is 2.25. The molecule has 1 fully saturated rings. The van der Waals surface area contributed by atoms with Gasteiger partial charge in [-0.2, -0.15) is 0 Å². The zero-order valence-corrected chi connectivity index (χ0v) is 12.8. The van der Waals surface area contributed by atoms with E-state index in [9.17, 15) is 0 Å². The first-order valence-electron chi connectivity index (χ1n) is 7.39. The van der Waals surface area contributed by atoms with E-state index in [1.807, 2.05) is 0 Å². The topological polar surface area (TPSA) is 41.1 Å². The molecule has 0 aliphatic heterocycles. The van der Waals surface area contributed by atoms with Crippen molar-refractivity contribution in [3.8, 4) is 0 Å². The predicted molar refractivity (Wildman–Crippen MR) is 81.1 cm³/mol. The molecule has 1 aliphatic rings.